The zero-order valence-corrected chi connectivity index (χ0v) is 12.5. The second-order valence-corrected chi connectivity index (χ2v) is 7.36. The zero-order valence-electron chi connectivity index (χ0n) is 11.7. The predicted octanol–water partition coefficient (Wildman–Crippen LogP) is 0.926. The summed E-state index contributed by atoms with van der Waals surface area (Å²) in [6.07, 6.45) is 3.66. The maximum Gasteiger partial charge on any atom is 0.279 e. The van der Waals surface area contributed by atoms with E-state index in [-0.39, 0.29) is 6.04 Å². The van der Waals surface area contributed by atoms with E-state index in [1.165, 1.54) is 4.31 Å². The Morgan fingerprint density at radius 1 is 1.28 bits per heavy atom. The van der Waals surface area contributed by atoms with Gasteiger partial charge in [-0.05, 0) is 44.1 Å². The van der Waals surface area contributed by atoms with E-state index < -0.39 is 10.2 Å². The molecule has 0 amide bonds. The normalized spacial score (nSPS) is 29.7. The van der Waals surface area contributed by atoms with Crippen molar-refractivity contribution >= 4 is 10.2 Å². The van der Waals surface area contributed by atoms with Gasteiger partial charge < -0.3 is 5.73 Å². The van der Waals surface area contributed by atoms with Crippen LogP contribution in [0.5, 0.6) is 0 Å². The quantitative estimate of drug-likeness (QED) is 0.758. The summed E-state index contributed by atoms with van der Waals surface area (Å²) in [5.41, 5.74) is 5.40. The van der Waals surface area contributed by atoms with Crippen LogP contribution in [0, 0.1) is 11.8 Å². The standard InChI is InChI=1S/C12H27N3O2S/c1-10-5-6-12(9-11(10)2)14-18(16,17)15(3)8-4-7-13/h10-12,14H,4-9,13H2,1-3H3. The molecule has 1 aliphatic rings. The molecule has 18 heavy (non-hydrogen) atoms. The lowest BCUT2D eigenvalue weighted by molar-refractivity contribution is 0.239. The predicted molar refractivity (Wildman–Crippen MR) is 74.3 cm³/mol. The van der Waals surface area contributed by atoms with Crippen LogP contribution in [0.1, 0.15) is 39.5 Å². The number of hydrogen-bond acceptors (Lipinski definition) is 3. The third-order valence-electron chi connectivity index (χ3n) is 4.00. The van der Waals surface area contributed by atoms with Gasteiger partial charge in [0.15, 0.2) is 0 Å². The van der Waals surface area contributed by atoms with Crippen molar-refractivity contribution in [3.63, 3.8) is 0 Å². The van der Waals surface area contributed by atoms with Gasteiger partial charge in [-0.25, -0.2) is 0 Å². The summed E-state index contributed by atoms with van der Waals surface area (Å²) in [5.74, 6) is 1.28. The number of hydrogen-bond donors (Lipinski definition) is 2. The first kappa shape index (κ1) is 15.9. The molecule has 0 radical (unpaired) electrons. The van der Waals surface area contributed by atoms with Gasteiger partial charge in [-0.3, -0.25) is 0 Å². The highest BCUT2D eigenvalue weighted by Crippen LogP contribution is 2.29. The van der Waals surface area contributed by atoms with E-state index >= 15 is 0 Å². The first-order valence-electron chi connectivity index (χ1n) is 6.80. The maximum atomic E-state index is 12.1. The van der Waals surface area contributed by atoms with Gasteiger partial charge in [0.25, 0.3) is 10.2 Å². The molecule has 3 N–H and O–H groups in total. The van der Waals surface area contributed by atoms with Crippen LogP contribution in [-0.4, -0.2) is 38.9 Å². The van der Waals surface area contributed by atoms with Crippen LogP contribution < -0.4 is 10.5 Å². The molecule has 3 atom stereocenters. The van der Waals surface area contributed by atoms with Crippen LogP contribution in [0.15, 0.2) is 0 Å². The second kappa shape index (κ2) is 6.84. The van der Waals surface area contributed by atoms with E-state index in [2.05, 4.69) is 18.6 Å². The topological polar surface area (TPSA) is 75.4 Å². The monoisotopic (exact) mass is 277 g/mol. The molecule has 0 heterocycles. The SMILES string of the molecule is CC1CCC(NS(=O)(=O)N(C)CCCN)CC1C. The fraction of sp³-hybridized carbons (Fsp3) is 1.00. The first-order valence-corrected chi connectivity index (χ1v) is 8.24. The summed E-state index contributed by atoms with van der Waals surface area (Å²) in [4.78, 5) is 0. The molecule has 0 aromatic rings. The van der Waals surface area contributed by atoms with Crippen molar-refractivity contribution < 1.29 is 8.42 Å². The summed E-state index contributed by atoms with van der Waals surface area (Å²) in [7, 11) is -1.74. The third-order valence-corrected chi connectivity index (χ3v) is 5.64. The van der Waals surface area contributed by atoms with Crippen molar-refractivity contribution in [3.8, 4) is 0 Å². The van der Waals surface area contributed by atoms with Crippen molar-refractivity contribution in [3.05, 3.63) is 0 Å². The molecule has 0 aliphatic heterocycles. The van der Waals surface area contributed by atoms with Crippen molar-refractivity contribution in [1.82, 2.24) is 9.03 Å². The lowest BCUT2D eigenvalue weighted by Crippen LogP contribution is -2.46. The average molecular weight is 277 g/mol. The molecule has 3 unspecified atom stereocenters. The number of nitrogens with two attached hydrogens (primary N) is 1. The van der Waals surface area contributed by atoms with Crippen LogP contribution in [0.25, 0.3) is 0 Å². The average Bonchev–Trinajstić information content (AvgIpc) is 2.30. The number of nitrogens with one attached hydrogen (secondary N) is 1. The molecule has 0 spiro atoms. The van der Waals surface area contributed by atoms with Crippen LogP contribution in [0.3, 0.4) is 0 Å². The minimum Gasteiger partial charge on any atom is -0.330 e. The molecule has 1 fully saturated rings. The van der Waals surface area contributed by atoms with Gasteiger partial charge in [0, 0.05) is 19.6 Å². The first-order chi connectivity index (χ1) is 8.36. The summed E-state index contributed by atoms with van der Waals surface area (Å²) in [6.45, 7) is 5.42. The Kier molecular flexibility index (Phi) is 6.04. The molecule has 0 saturated heterocycles. The van der Waals surface area contributed by atoms with Crippen molar-refractivity contribution in [2.24, 2.45) is 17.6 Å². The highest BCUT2D eigenvalue weighted by Gasteiger charge is 2.28. The highest BCUT2D eigenvalue weighted by molar-refractivity contribution is 7.87. The van der Waals surface area contributed by atoms with Crippen LogP contribution >= 0.6 is 0 Å². The van der Waals surface area contributed by atoms with E-state index in [1.807, 2.05) is 0 Å². The second-order valence-electron chi connectivity index (χ2n) is 5.55. The Morgan fingerprint density at radius 3 is 2.50 bits per heavy atom. The van der Waals surface area contributed by atoms with Gasteiger partial charge in [-0.1, -0.05) is 13.8 Å². The van der Waals surface area contributed by atoms with Crippen LogP contribution in [0.4, 0.5) is 0 Å². The molecule has 0 aromatic heterocycles. The van der Waals surface area contributed by atoms with Crippen molar-refractivity contribution in [1.29, 1.82) is 0 Å². The molecule has 0 aromatic carbocycles. The number of rotatable bonds is 6. The summed E-state index contributed by atoms with van der Waals surface area (Å²) in [5, 5.41) is 0. The zero-order chi connectivity index (χ0) is 13.8. The van der Waals surface area contributed by atoms with Gasteiger partial charge in [0.05, 0.1) is 0 Å². The lowest BCUT2D eigenvalue weighted by atomic mass is 9.79. The van der Waals surface area contributed by atoms with Gasteiger partial charge in [0.2, 0.25) is 0 Å². The van der Waals surface area contributed by atoms with E-state index in [9.17, 15) is 8.42 Å². The van der Waals surface area contributed by atoms with E-state index in [0.717, 1.165) is 19.3 Å². The summed E-state index contributed by atoms with van der Waals surface area (Å²) in [6, 6.07) is 0.0847. The van der Waals surface area contributed by atoms with Crippen molar-refractivity contribution in [2.75, 3.05) is 20.1 Å². The Balaban J connectivity index is 2.50. The largest absolute Gasteiger partial charge is 0.330 e. The summed E-state index contributed by atoms with van der Waals surface area (Å²) >= 11 is 0. The fourth-order valence-electron chi connectivity index (χ4n) is 2.39. The maximum absolute atomic E-state index is 12.1. The van der Waals surface area contributed by atoms with Gasteiger partial charge in [0.1, 0.15) is 0 Å². The Labute approximate surface area is 111 Å². The van der Waals surface area contributed by atoms with Crippen molar-refractivity contribution in [2.45, 2.75) is 45.6 Å². The van der Waals surface area contributed by atoms with E-state index in [1.54, 1.807) is 7.05 Å². The summed E-state index contributed by atoms with van der Waals surface area (Å²) < 4.78 is 28.3. The van der Waals surface area contributed by atoms with Crippen LogP contribution in [-0.2, 0) is 10.2 Å². The van der Waals surface area contributed by atoms with Gasteiger partial charge >= 0.3 is 0 Å². The minimum atomic E-state index is -3.35. The van der Waals surface area contributed by atoms with Gasteiger partial charge in [-0.15, -0.1) is 0 Å². The molecule has 108 valence electrons. The minimum absolute atomic E-state index is 0.0847. The van der Waals surface area contributed by atoms with E-state index in [0.29, 0.717) is 31.3 Å². The smallest absolute Gasteiger partial charge is 0.279 e. The van der Waals surface area contributed by atoms with Gasteiger partial charge in [-0.2, -0.15) is 17.4 Å². The Morgan fingerprint density at radius 2 is 1.94 bits per heavy atom. The molecule has 1 aliphatic carbocycles. The lowest BCUT2D eigenvalue weighted by Gasteiger charge is -2.33. The molecule has 6 heteroatoms. The molecule has 0 bridgehead atoms. The molecule has 1 saturated carbocycles. The molecular formula is C12H27N3O2S. The fourth-order valence-corrected chi connectivity index (χ4v) is 3.57. The molecule has 1 rings (SSSR count). The Bertz CT molecular complexity index is 345. The highest BCUT2D eigenvalue weighted by atomic mass is 32.2. The number of nitrogens with zero attached hydrogens (tertiary/aromatic N) is 1. The van der Waals surface area contributed by atoms with Crippen LogP contribution in [0.2, 0.25) is 0 Å². The Hall–Kier alpha value is -0.170. The third kappa shape index (κ3) is 4.50. The van der Waals surface area contributed by atoms with E-state index in [4.69, 9.17) is 5.73 Å². The molecule has 5 nitrogen and oxygen atoms in total. The molecular weight excluding hydrogens is 250 g/mol.